The molecule has 0 radical (unpaired) electrons. The third kappa shape index (κ3) is 3.34. The standard InChI is InChI=1S/C14H24N4O3S/c1-21-11-18-14(5-6-15-18)22(19,20)16-12-9-13(10-12)17-7-3-2-4-8-17/h5-6,12-13,16H,2-4,7-11H2,1H3. The Morgan fingerprint density at radius 1 is 1.32 bits per heavy atom. The number of rotatable bonds is 6. The lowest BCUT2D eigenvalue weighted by atomic mass is 9.85. The molecule has 0 amide bonds. The van der Waals surface area contributed by atoms with Gasteiger partial charge in [-0.05, 0) is 44.8 Å². The average molecular weight is 328 g/mol. The molecule has 124 valence electrons. The fourth-order valence-electron chi connectivity index (χ4n) is 3.31. The Balaban J connectivity index is 1.56. The van der Waals surface area contributed by atoms with Gasteiger partial charge in [-0.1, -0.05) is 6.42 Å². The van der Waals surface area contributed by atoms with E-state index in [1.165, 1.54) is 43.3 Å². The van der Waals surface area contributed by atoms with E-state index in [0.717, 1.165) is 25.9 Å². The highest BCUT2D eigenvalue weighted by Crippen LogP contribution is 2.29. The quantitative estimate of drug-likeness (QED) is 0.835. The minimum absolute atomic E-state index is 0.0304. The van der Waals surface area contributed by atoms with E-state index in [9.17, 15) is 8.42 Å². The van der Waals surface area contributed by atoms with E-state index in [1.807, 2.05) is 0 Å². The molecule has 8 heteroatoms. The Labute approximate surface area is 131 Å². The predicted octanol–water partition coefficient (Wildman–Crippen LogP) is 0.782. The van der Waals surface area contributed by atoms with Gasteiger partial charge in [-0.15, -0.1) is 0 Å². The minimum atomic E-state index is -3.53. The lowest BCUT2D eigenvalue weighted by molar-refractivity contribution is 0.0854. The van der Waals surface area contributed by atoms with Crippen LogP contribution in [0.25, 0.3) is 0 Å². The summed E-state index contributed by atoms with van der Waals surface area (Å²) in [6, 6.07) is 2.07. The second kappa shape index (κ2) is 6.66. The smallest absolute Gasteiger partial charge is 0.258 e. The topological polar surface area (TPSA) is 76.5 Å². The van der Waals surface area contributed by atoms with E-state index in [-0.39, 0.29) is 17.8 Å². The molecular formula is C14H24N4O3S. The lowest BCUT2D eigenvalue weighted by Gasteiger charge is -2.44. The first-order valence-electron chi connectivity index (χ1n) is 7.87. The van der Waals surface area contributed by atoms with Gasteiger partial charge in [0.2, 0.25) is 0 Å². The van der Waals surface area contributed by atoms with E-state index in [1.54, 1.807) is 0 Å². The van der Waals surface area contributed by atoms with Gasteiger partial charge in [0, 0.05) is 19.2 Å². The van der Waals surface area contributed by atoms with Gasteiger partial charge in [-0.25, -0.2) is 17.8 Å². The van der Waals surface area contributed by atoms with Gasteiger partial charge in [0.05, 0.1) is 6.20 Å². The number of nitrogens with zero attached hydrogens (tertiary/aromatic N) is 3. The van der Waals surface area contributed by atoms with Crippen LogP contribution in [0.3, 0.4) is 0 Å². The van der Waals surface area contributed by atoms with Crippen molar-refractivity contribution in [1.82, 2.24) is 19.4 Å². The van der Waals surface area contributed by atoms with Crippen molar-refractivity contribution < 1.29 is 13.2 Å². The maximum Gasteiger partial charge on any atom is 0.258 e. The monoisotopic (exact) mass is 328 g/mol. The molecular weight excluding hydrogens is 304 g/mol. The van der Waals surface area contributed by atoms with Crippen molar-refractivity contribution in [3.05, 3.63) is 12.3 Å². The van der Waals surface area contributed by atoms with E-state index in [0.29, 0.717) is 6.04 Å². The molecule has 1 aliphatic heterocycles. The molecule has 1 aliphatic carbocycles. The third-order valence-electron chi connectivity index (χ3n) is 4.55. The number of sulfonamides is 1. The van der Waals surface area contributed by atoms with E-state index in [4.69, 9.17) is 4.74 Å². The van der Waals surface area contributed by atoms with Crippen LogP contribution in [-0.4, -0.2) is 55.4 Å². The van der Waals surface area contributed by atoms with Crippen LogP contribution in [-0.2, 0) is 21.5 Å². The van der Waals surface area contributed by atoms with Crippen LogP contribution in [0, 0.1) is 0 Å². The zero-order chi connectivity index (χ0) is 15.6. The Hall–Kier alpha value is -0.960. The van der Waals surface area contributed by atoms with Gasteiger partial charge in [0.25, 0.3) is 10.0 Å². The molecule has 3 rings (SSSR count). The maximum absolute atomic E-state index is 12.4. The van der Waals surface area contributed by atoms with E-state index >= 15 is 0 Å². The number of methoxy groups -OCH3 is 1. The van der Waals surface area contributed by atoms with Gasteiger partial charge in [-0.2, -0.15) is 5.10 Å². The molecule has 0 bridgehead atoms. The summed E-state index contributed by atoms with van der Waals surface area (Å²) in [6.45, 7) is 2.44. The van der Waals surface area contributed by atoms with Crippen LogP contribution in [0.15, 0.2) is 17.3 Å². The Morgan fingerprint density at radius 2 is 2.05 bits per heavy atom. The van der Waals surface area contributed by atoms with Crippen molar-refractivity contribution in [2.45, 2.75) is 55.9 Å². The summed E-state index contributed by atoms with van der Waals surface area (Å²) in [4.78, 5) is 2.50. The molecule has 1 N–H and O–H groups in total. The van der Waals surface area contributed by atoms with Gasteiger partial charge in [-0.3, -0.25) is 0 Å². The van der Waals surface area contributed by atoms with Gasteiger partial charge >= 0.3 is 0 Å². The van der Waals surface area contributed by atoms with Crippen molar-refractivity contribution in [3.63, 3.8) is 0 Å². The van der Waals surface area contributed by atoms with E-state index in [2.05, 4.69) is 14.7 Å². The lowest BCUT2D eigenvalue weighted by Crippen LogP contribution is -2.54. The number of ether oxygens (including phenoxy) is 1. The molecule has 0 spiro atoms. The van der Waals surface area contributed by atoms with Gasteiger partial charge in [0.1, 0.15) is 6.73 Å². The second-order valence-corrected chi connectivity index (χ2v) is 7.79. The fourth-order valence-corrected chi connectivity index (χ4v) is 4.68. The molecule has 7 nitrogen and oxygen atoms in total. The predicted molar refractivity (Wildman–Crippen MR) is 81.8 cm³/mol. The zero-order valence-electron chi connectivity index (χ0n) is 12.9. The number of hydrogen-bond donors (Lipinski definition) is 1. The first-order chi connectivity index (χ1) is 10.6. The van der Waals surface area contributed by atoms with Crippen molar-refractivity contribution in [2.24, 2.45) is 0 Å². The van der Waals surface area contributed by atoms with E-state index < -0.39 is 10.0 Å². The normalized spacial score (nSPS) is 26.8. The van der Waals surface area contributed by atoms with Crippen LogP contribution in [0.4, 0.5) is 0 Å². The molecule has 0 aromatic carbocycles. The van der Waals surface area contributed by atoms with Crippen molar-refractivity contribution in [2.75, 3.05) is 20.2 Å². The summed E-state index contributed by atoms with van der Waals surface area (Å²) in [5.41, 5.74) is 0. The number of piperidine rings is 1. The molecule has 1 aromatic rings. The van der Waals surface area contributed by atoms with Crippen LogP contribution >= 0.6 is 0 Å². The summed E-state index contributed by atoms with van der Waals surface area (Å²) in [5, 5.41) is 4.14. The van der Waals surface area contributed by atoms with Crippen LogP contribution in [0.5, 0.6) is 0 Å². The zero-order valence-corrected chi connectivity index (χ0v) is 13.8. The summed E-state index contributed by atoms with van der Waals surface area (Å²) in [5.74, 6) is 0. The highest BCUT2D eigenvalue weighted by atomic mass is 32.2. The number of hydrogen-bond acceptors (Lipinski definition) is 5. The largest absolute Gasteiger partial charge is 0.362 e. The van der Waals surface area contributed by atoms with Crippen LogP contribution in [0.1, 0.15) is 32.1 Å². The molecule has 2 aliphatic rings. The van der Waals surface area contributed by atoms with Crippen LogP contribution in [0.2, 0.25) is 0 Å². The molecule has 22 heavy (non-hydrogen) atoms. The summed E-state index contributed by atoms with van der Waals surface area (Å²) in [7, 11) is -2.02. The fraction of sp³-hybridized carbons (Fsp3) is 0.786. The highest BCUT2D eigenvalue weighted by molar-refractivity contribution is 7.89. The van der Waals surface area contributed by atoms with Crippen molar-refractivity contribution >= 4 is 10.0 Å². The molecule has 1 saturated heterocycles. The summed E-state index contributed by atoms with van der Waals surface area (Å²) < 4.78 is 34.0. The van der Waals surface area contributed by atoms with Gasteiger partial charge < -0.3 is 9.64 Å². The molecule has 1 saturated carbocycles. The average Bonchev–Trinajstić information content (AvgIpc) is 2.93. The maximum atomic E-state index is 12.4. The SMILES string of the molecule is COCn1nccc1S(=O)(=O)NC1CC(N2CCCCC2)C1. The molecule has 0 unspecified atom stereocenters. The summed E-state index contributed by atoms with van der Waals surface area (Å²) in [6.07, 6.45) is 7.13. The molecule has 2 fully saturated rings. The summed E-state index contributed by atoms with van der Waals surface area (Å²) >= 11 is 0. The Bertz CT molecular complexity index is 589. The number of nitrogens with one attached hydrogen (secondary N) is 1. The minimum Gasteiger partial charge on any atom is -0.362 e. The first kappa shape index (κ1) is 15.9. The van der Waals surface area contributed by atoms with Crippen LogP contribution < -0.4 is 4.72 Å². The Kier molecular flexibility index (Phi) is 4.82. The third-order valence-corrected chi connectivity index (χ3v) is 6.09. The number of likely N-dealkylation sites (tertiary alicyclic amines) is 1. The molecule has 0 atom stereocenters. The molecule has 1 aromatic heterocycles. The number of aromatic nitrogens is 2. The highest BCUT2D eigenvalue weighted by Gasteiger charge is 2.37. The Morgan fingerprint density at radius 3 is 2.73 bits per heavy atom. The molecule has 2 heterocycles. The van der Waals surface area contributed by atoms with Gasteiger partial charge in [0.15, 0.2) is 5.03 Å². The van der Waals surface area contributed by atoms with Crippen molar-refractivity contribution in [1.29, 1.82) is 0 Å². The van der Waals surface area contributed by atoms with Crippen molar-refractivity contribution in [3.8, 4) is 0 Å². The second-order valence-electron chi connectivity index (χ2n) is 6.13. The first-order valence-corrected chi connectivity index (χ1v) is 9.35.